The number of thiophene rings is 1. The summed E-state index contributed by atoms with van der Waals surface area (Å²) in [6.07, 6.45) is 1.67. The average molecular weight is 375 g/mol. The number of hydrogen-bond donors (Lipinski definition) is 2. The third-order valence-corrected chi connectivity index (χ3v) is 4.55. The molecule has 1 heterocycles. The van der Waals surface area contributed by atoms with Gasteiger partial charge >= 0.3 is 6.03 Å². The quantitative estimate of drug-likeness (QED) is 0.549. The average Bonchev–Trinajstić information content (AvgIpc) is 3.13. The second kappa shape index (κ2) is 9.72. The number of nitrogens with one attached hydrogen (secondary N) is 2. The van der Waals surface area contributed by atoms with E-state index in [-0.39, 0.29) is 30.6 Å². The molecule has 138 valence electrons. The molecule has 26 heavy (non-hydrogen) atoms. The highest BCUT2D eigenvalue weighted by molar-refractivity contribution is 7.09. The van der Waals surface area contributed by atoms with Crippen molar-refractivity contribution in [1.29, 1.82) is 0 Å². The molecule has 0 fully saturated rings. The Morgan fingerprint density at radius 1 is 1.27 bits per heavy atom. The lowest BCUT2D eigenvalue weighted by Gasteiger charge is -2.21. The van der Waals surface area contributed by atoms with Crippen molar-refractivity contribution < 1.29 is 14.0 Å². The highest BCUT2D eigenvalue weighted by Crippen LogP contribution is 2.12. The molecule has 2 aromatic rings. The predicted molar refractivity (Wildman–Crippen MR) is 102 cm³/mol. The maximum Gasteiger partial charge on any atom is 0.318 e. The van der Waals surface area contributed by atoms with Gasteiger partial charge in [0, 0.05) is 30.1 Å². The molecule has 2 rings (SSSR count). The van der Waals surface area contributed by atoms with Gasteiger partial charge < -0.3 is 15.5 Å². The van der Waals surface area contributed by atoms with Gasteiger partial charge in [0.15, 0.2) is 0 Å². The molecule has 2 N–H and O–H groups in total. The fraction of sp³-hybridized carbons (Fsp3) is 0.263. The van der Waals surface area contributed by atoms with Crippen LogP contribution in [0.2, 0.25) is 0 Å². The largest absolute Gasteiger partial charge is 0.350 e. The summed E-state index contributed by atoms with van der Waals surface area (Å²) in [6, 6.07) is 8.01. The first kappa shape index (κ1) is 19.7. The maximum atomic E-state index is 13.5. The Hall–Kier alpha value is -2.67. The Morgan fingerprint density at radius 2 is 2.04 bits per heavy atom. The van der Waals surface area contributed by atoms with Crippen LogP contribution in [0.5, 0.6) is 0 Å². The lowest BCUT2D eigenvalue weighted by molar-refractivity contribution is 0.0953. The molecule has 0 saturated carbocycles. The number of nitrogens with zero attached hydrogens (tertiary/aromatic N) is 1. The van der Waals surface area contributed by atoms with Crippen LogP contribution in [0.25, 0.3) is 0 Å². The molecule has 3 amide bonds. The van der Waals surface area contributed by atoms with Crippen LogP contribution in [0.4, 0.5) is 9.18 Å². The molecule has 7 heteroatoms. The fourth-order valence-corrected chi connectivity index (χ4v) is 2.98. The van der Waals surface area contributed by atoms with Crippen LogP contribution >= 0.6 is 11.3 Å². The third-order valence-electron chi connectivity index (χ3n) is 3.68. The first-order chi connectivity index (χ1) is 12.5. The van der Waals surface area contributed by atoms with E-state index in [0.717, 1.165) is 4.88 Å². The van der Waals surface area contributed by atoms with Gasteiger partial charge in [-0.05, 0) is 36.1 Å². The fourth-order valence-electron chi connectivity index (χ4n) is 2.26. The molecule has 0 atom stereocenters. The lowest BCUT2D eigenvalue weighted by Crippen LogP contribution is -2.42. The van der Waals surface area contributed by atoms with Gasteiger partial charge in [0.05, 0.1) is 6.54 Å². The van der Waals surface area contributed by atoms with Crippen LogP contribution in [0.3, 0.4) is 0 Å². The molecule has 0 aliphatic carbocycles. The summed E-state index contributed by atoms with van der Waals surface area (Å²) >= 11 is 1.58. The normalized spacial score (nSPS) is 10.2. The minimum atomic E-state index is -0.417. The molecule has 0 saturated heterocycles. The second-order valence-electron chi connectivity index (χ2n) is 5.70. The molecule has 1 aromatic carbocycles. The Kier molecular flexibility index (Phi) is 7.35. The van der Waals surface area contributed by atoms with E-state index in [0.29, 0.717) is 18.7 Å². The Morgan fingerprint density at radius 3 is 2.69 bits per heavy atom. The molecule has 5 nitrogen and oxygen atoms in total. The summed E-state index contributed by atoms with van der Waals surface area (Å²) in [4.78, 5) is 27.0. The molecule has 0 aliphatic rings. The summed E-state index contributed by atoms with van der Waals surface area (Å²) in [6.45, 7) is 6.77. The summed E-state index contributed by atoms with van der Waals surface area (Å²) in [5, 5.41) is 7.38. The number of urea groups is 1. The smallest absolute Gasteiger partial charge is 0.318 e. The summed E-state index contributed by atoms with van der Waals surface area (Å²) in [5.41, 5.74) is 0.743. The number of amides is 3. The van der Waals surface area contributed by atoms with Crippen LogP contribution in [0, 0.1) is 12.7 Å². The molecule has 0 bridgehead atoms. The topological polar surface area (TPSA) is 61.4 Å². The zero-order chi connectivity index (χ0) is 18.9. The van der Waals surface area contributed by atoms with Gasteiger partial charge in [-0.15, -0.1) is 17.9 Å². The van der Waals surface area contributed by atoms with Crippen molar-refractivity contribution in [2.45, 2.75) is 13.5 Å². The molecule has 0 aliphatic heterocycles. The monoisotopic (exact) mass is 375 g/mol. The van der Waals surface area contributed by atoms with E-state index >= 15 is 0 Å². The zero-order valence-corrected chi connectivity index (χ0v) is 15.4. The number of benzene rings is 1. The highest BCUT2D eigenvalue weighted by Gasteiger charge is 2.13. The molecule has 0 spiro atoms. The minimum Gasteiger partial charge on any atom is -0.350 e. The van der Waals surface area contributed by atoms with Crippen molar-refractivity contribution in [3.8, 4) is 0 Å². The van der Waals surface area contributed by atoms with Gasteiger partial charge in [-0.3, -0.25) is 4.79 Å². The lowest BCUT2D eigenvalue weighted by atomic mass is 10.1. The van der Waals surface area contributed by atoms with E-state index in [1.165, 1.54) is 6.07 Å². The third kappa shape index (κ3) is 5.70. The number of carbonyl (C=O) groups excluding carboxylic acids is 2. The molecular formula is C19H22FN3O2S. The van der Waals surface area contributed by atoms with E-state index in [9.17, 15) is 14.0 Å². The van der Waals surface area contributed by atoms with Gasteiger partial charge in [0.2, 0.25) is 0 Å². The van der Waals surface area contributed by atoms with Gasteiger partial charge in [0.25, 0.3) is 5.91 Å². The minimum absolute atomic E-state index is 0.228. The standard InChI is InChI=1S/C19H22FN3O2S/c1-3-10-23(13-16-5-4-11-26-16)19(25)22-9-8-21-18(24)15-7-6-14(2)17(20)12-15/h3-7,11-12H,1,8-10,13H2,2H3,(H,21,24)(H,22,25). The van der Waals surface area contributed by atoms with Crippen molar-refractivity contribution in [3.63, 3.8) is 0 Å². The van der Waals surface area contributed by atoms with E-state index < -0.39 is 5.82 Å². The number of aryl methyl sites for hydroxylation is 1. The molecule has 0 unspecified atom stereocenters. The predicted octanol–water partition coefficient (Wildman–Crippen LogP) is 3.32. The Balaban J connectivity index is 1.78. The van der Waals surface area contributed by atoms with Crippen molar-refractivity contribution >= 4 is 23.3 Å². The Bertz CT molecular complexity index is 762. The number of hydrogen-bond acceptors (Lipinski definition) is 3. The van der Waals surface area contributed by atoms with Crippen LogP contribution < -0.4 is 10.6 Å². The van der Waals surface area contributed by atoms with Crippen LogP contribution in [-0.2, 0) is 6.54 Å². The molecule has 1 aromatic heterocycles. The molecule has 0 radical (unpaired) electrons. The van der Waals surface area contributed by atoms with Crippen LogP contribution in [-0.4, -0.2) is 36.5 Å². The first-order valence-corrected chi connectivity index (χ1v) is 9.09. The zero-order valence-electron chi connectivity index (χ0n) is 14.6. The van der Waals surface area contributed by atoms with Crippen molar-refractivity contribution in [1.82, 2.24) is 15.5 Å². The maximum absolute atomic E-state index is 13.5. The van der Waals surface area contributed by atoms with Gasteiger partial charge in [-0.2, -0.15) is 0 Å². The second-order valence-corrected chi connectivity index (χ2v) is 6.73. The highest BCUT2D eigenvalue weighted by atomic mass is 32.1. The van der Waals surface area contributed by atoms with Gasteiger partial charge in [-0.1, -0.05) is 18.2 Å². The van der Waals surface area contributed by atoms with Crippen LogP contribution in [0.15, 0.2) is 48.4 Å². The van der Waals surface area contributed by atoms with Crippen molar-refractivity contribution in [2.24, 2.45) is 0 Å². The van der Waals surface area contributed by atoms with E-state index in [1.54, 1.807) is 41.4 Å². The van der Waals surface area contributed by atoms with Gasteiger partial charge in [-0.25, -0.2) is 9.18 Å². The summed E-state index contributed by atoms with van der Waals surface area (Å²) < 4.78 is 13.5. The van der Waals surface area contributed by atoms with E-state index in [4.69, 9.17) is 0 Å². The van der Waals surface area contributed by atoms with Crippen molar-refractivity contribution in [3.05, 3.63) is 70.2 Å². The van der Waals surface area contributed by atoms with E-state index in [2.05, 4.69) is 17.2 Å². The van der Waals surface area contributed by atoms with Gasteiger partial charge in [0.1, 0.15) is 5.82 Å². The van der Waals surface area contributed by atoms with Crippen molar-refractivity contribution in [2.75, 3.05) is 19.6 Å². The SMILES string of the molecule is C=CCN(Cc1cccs1)C(=O)NCCNC(=O)c1ccc(C)c(F)c1. The summed E-state index contributed by atoms with van der Waals surface area (Å²) in [5.74, 6) is -0.792. The summed E-state index contributed by atoms with van der Waals surface area (Å²) in [7, 11) is 0. The number of carbonyl (C=O) groups is 2. The van der Waals surface area contributed by atoms with E-state index in [1.807, 2.05) is 17.5 Å². The molecular weight excluding hydrogens is 353 g/mol. The number of rotatable bonds is 8. The Labute approximate surface area is 156 Å². The van der Waals surface area contributed by atoms with Crippen LogP contribution in [0.1, 0.15) is 20.8 Å². The number of halogens is 1. The first-order valence-electron chi connectivity index (χ1n) is 8.21.